The molecule has 2 unspecified atom stereocenters. The molecule has 0 bridgehead atoms. The molecule has 84 valence electrons. The van der Waals surface area contributed by atoms with E-state index in [1.807, 2.05) is 0 Å². The lowest BCUT2D eigenvalue weighted by atomic mass is 10.0. The summed E-state index contributed by atoms with van der Waals surface area (Å²) in [6.07, 6.45) is 0.254. The molecular weight excluding hydrogens is 179 g/mol. The van der Waals surface area contributed by atoms with Crippen molar-refractivity contribution in [3.63, 3.8) is 0 Å². The fraction of sp³-hybridized carbons (Fsp3) is 1.00. The summed E-state index contributed by atoms with van der Waals surface area (Å²) < 4.78 is 13.6. The zero-order valence-electron chi connectivity index (χ0n) is 9.59. The second kappa shape index (κ2) is 5.66. The predicted molar refractivity (Wildman–Crippen MR) is 58.3 cm³/mol. The molecule has 1 aliphatic rings. The second-order valence-corrected chi connectivity index (χ2v) is 4.56. The third kappa shape index (κ3) is 3.21. The van der Waals surface area contributed by atoms with Gasteiger partial charge in [0, 0.05) is 19.1 Å². The van der Waals surface area contributed by atoms with Crippen molar-refractivity contribution < 1.29 is 4.39 Å². The second-order valence-electron chi connectivity index (χ2n) is 4.56. The van der Waals surface area contributed by atoms with E-state index in [2.05, 4.69) is 31.0 Å². The van der Waals surface area contributed by atoms with Gasteiger partial charge in [0.2, 0.25) is 0 Å². The van der Waals surface area contributed by atoms with E-state index in [1.54, 1.807) is 0 Å². The SMILES string of the molecule is CCN(CC(C)C)C1CCNCC1F. The topological polar surface area (TPSA) is 15.3 Å². The Hall–Kier alpha value is -0.150. The van der Waals surface area contributed by atoms with E-state index >= 15 is 0 Å². The minimum Gasteiger partial charge on any atom is -0.314 e. The van der Waals surface area contributed by atoms with Crippen LogP contribution in [0.25, 0.3) is 0 Å². The molecule has 1 heterocycles. The Morgan fingerprint density at radius 1 is 1.50 bits per heavy atom. The fourth-order valence-electron chi connectivity index (χ4n) is 2.19. The summed E-state index contributed by atoms with van der Waals surface area (Å²) in [5.41, 5.74) is 0. The minimum atomic E-state index is -0.692. The van der Waals surface area contributed by atoms with Crippen LogP contribution in [0.1, 0.15) is 27.2 Å². The Balaban J connectivity index is 2.48. The van der Waals surface area contributed by atoms with Crippen LogP contribution in [-0.2, 0) is 0 Å². The molecule has 1 saturated heterocycles. The molecule has 0 spiro atoms. The van der Waals surface area contributed by atoms with E-state index in [1.165, 1.54) is 0 Å². The quantitative estimate of drug-likeness (QED) is 0.746. The van der Waals surface area contributed by atoms with Crippen LogP contribution in [-0.4, -0.2) is 43.3 Å². The molecule has 2 atom stereocenters. The molecule has 0 aliphatic carbocycles. The zero-order chi connectivity index (χ0) is 10.6. The van der Waals surface area contributed by atoms with Gasteiger partial charge in [-0.15, -0.1) is 0 Å². The Morgan fingerprint density at radius 3 is 2.71 bits per heavy atom. The Labute approximate surface area is 86.9 Å². The zero-order valence-corrected chi connectivity index (χ0v) is 9.59. The molecule has 0 aromatic rings. The van der Waals surface area contributed by atoms with Gasteiger partial charge >= 0.3 is 0 Å². The summed E-state index contributed by atoms with van der Waals surface area (Å²) in [5.74, 6) is 0.622. The number of alkyl halides is 1. The van der Waals surface area contributed by atoms with Crippen molar-refractivity contribution in [3.8, 4) is 0 Å². The largest absolute Gasteiger partial charge is 0.314 e. The van der Waals surface area contributed by atoms with Gasteiger partial charge < -0.3 is 5.32 Å². The van der Waals surface area contributed by atoms with E-state index < -0.39 is 6.17 Å². The van der Waals surface area contributed by atoms with E-state index in [9.17, 15) is 4.39 Å². The molecule has 0 radical (unpaired) electrons. The van der Waals surface area contributed by atoms with Crippen molar-refractivity contribution >= 4 is 0 Å². The third-order valence-electron chi connectivity index (χ3n) is 2.85. The maximum atomic E-state index is 13.6. The van der Waals surface area contributed by atoms with Crippen molar-refractivity contribution in [1.29, 1.82) is 0 Å². The summed E-state index contributed by atoms with van der Waals surface area (Å²) in [7, 11) is 0. The highest BCUT2D eigenvalue weighted by Gasteiger charge is 2.29. The predicted octanol–water partition coefficient (Wildman–Crippen LogP) is 1.66. The Kier molecular flexibility index (Phi) is 4.82. The van der Waals surface area contributed by atoms with Crippen LogP contribution in [0.5, 0.6) is 0 Å². The van der Waals surface area contributed by atoms with Crippen LogP contribution in [0.3, 0.4) is 0 Å². The molecule has 0 aromatic carbocycles. The summed E-state index contributed by atoms with van der Waals surface area (Å²) >= 11 is 0. The highest BCUT2D eigenvalue weighted by Crippen LogP contribution is 2.16. The molecule has 3 heteroatoms. The summed E-state index contributed by atoms with van der Waals surface area (Å²) in [6, 6.07) is 0.142. The van der Waals surface area contributed by atoms with Gasteiger partial charge in [-0.2, -0.15) is 0 Å². The first kappa shape index (κ1) is 11.9. The third-order valence-corrected chi connectivity index (χ3v) is 2.85. The van der Waals surface area contributed by atoms with Gasteiger partial charge in [-0.1, -0.05) is 20.8 Å². The molecule has 0 aromatic heterocycles. The standard InChI is InChI=1S/C11H23FN2/c1-4-14(8-9(2)3)11-5-6-13-7-10(11)12/h9-11,13H,4-8H2,1-3H3. The summed E-state index contributed by atoms with van der Waals surface area (Å²) in [5, 5.41) is 3.10. The first-order valence-corrected chi connectivity index (χ1v) is 5.74. The van der Waals surface area contributed by atoms with Gasteiger partial charge in [0.25, 0.3) is 0 Å². The van der Waals surface area contributed by atoms with Crippen molar-refractivity contribution in [2.24, 2.45) is 5.92 Å². The van der Waals surface area contributed by atoms with Gasteiger partial charge in [-0.05, 0) is 25.4 Å². The van der Waals surface area contributed by atoms with E-state index in [0.717, 1.165) is 26.1 Å². The summed E-state index contributed by atoms with van der Waals surface area (Å²) in [6.45, 7) is 9.97. The number of piperidine rings is 1. The number of hydrogen-bond donors (Lipinski definition) is 1. The highest BCUT2D eigenvalue weighted by atomic mass is 19.1. The van der Waals surface area contributed by atoms with Gasteiger partial charge in [0.05, 0.1) is 0 Å². The van der Waals surface area contributed by atoms with E-state index in [-0.39, 0.29) is 6.04 Å². The number of nitrogens with one attached hydrogen (secondary N) is 1. The molecule has 1 N–H and O–H groups in total. The minimum absolute atomic E-state index is 0.142. The number of rotatable bonds is 4. The van der Waals surface area contributed by atoms with Crippen molar-refractivity contribution in [1.82, 2.24) is 10.2 Å². The lowest BCUT2D eigenvalue weighted by molar-refractivity contribution is 0.0794. The number of halogens is 1. The lowest BCUT2D eigenvalue weighted by Gasteiger charge is -2.37. The van der Waals surface area contributed by atoms with Crippen LogP contribution < -0.4 is 5.32 Å². The maximum Gasteiger partial charge on any atom is 0.128 e. The van der Waals surface area contributed by atoms with Crippen molar-refractivity contribution in [2.75, 3.05) is 26.2 Å². The molecule has 14 heavy (non-hydrogen) atoms. The smallest absolute Gasteiger partial charge is 0.128 e. The van der Waals surface area contributed by atoms with Crippen molar-refractivity contribution in [3.05, 3.63) is 0 Å². The average molecular weight is 202 g/mol. The maximum absolute atomic E-state index is 13.6. The Morgan fingerprint density at radius 2 is 2.21 bits per heavy atom. The number of hydrogen-bond acceptors (Lipinski definition) is 2. The van der Waals surface area contributed by atoms with Gasteiger partial charge in [0.1, 0.15) is 6.17 Å². The van der Waals surface area contributed by atoms with E-state index in [0.29, 0.717) is 12.5 Å². The monoisotopic (exact) mass is 202 g/mol. The molecule has 0 amide bonds. The highest BCUT2D eigenvalue weighted by molar-refractivity contribution is 4.85. The van der Waals surface area contributed by atoms with E-state index in [4.69, 9.17) is 0 Å². The van der Waals surface area contributed by atoms with Crippen molar-refractivity contribution in [2.45, 2.75) is 39.4 Å². The lowest BCUT2D eigenvalue weighted by Crippen LogP contribution is -2.51. The van der Waals surface area contributed by atoms with Gasteiger partial charge in [-0.25, -0.2) is 4.39 Å². The van der Waals surface area contributed by atoms with Gasteiger partial charge in [-0.3, -0.25) is 4.90 Å². The van der Waals surface area contributed by atoms with Gasteiger partial charge in [0.15, 0.2) is 0 Å². The molecule has 0 saturated carbocycles. The molecular formula is C11H23FN2. The first-order chi connectivity index (χ1) is 6.65. The molecule has 1 rings (SSSR count). The molecule has 1 fully saturated rings. The summed E-state index contributed by atoms with van der Waals surface area (Å²) in [4.78, 5) is 2.29. The number of nitrogens with zero attached hydrogens (tertiary/aromatic N) is 1. The normalized spacial score (nSPS) is 28.7. The molecule has 1 aliphatic heterocycles. The molecule has 2 nitrogen and oxygen atoms in total. The van der Waals surface area contributed by atoms with Crippen LogP contribution in [0.4, 0.5) is 4.39 Å². The first-order valence-electron chi connectivity index (χ1n) is 5.74. The fourth-order valence-corrected chi connectivity index (χ4v) is 2.19. The average Bonchev–Trinajstić information content (AvgIpc) is 2.15. The van der Waals surface area contributed by atoms with Crippen LogP contribution in [0.15, 0.2) is 0 Å². The Bertz CT molecular complexity index is 161. The van der Waals surface area contributed by atoms with Crippen LogP contribution in [0, 0.1) is 5.92 Å². The van der Waals surface area contributed by atoms with Crippen LogP contribution >= 0.6 is 0 Å². The van der Waals surface area contributed by atoms with Crippen LogP contribution in [0.2, 0.25) is 0 Å².